The number of rotatable bonds is 8. The van der Waals surface area contributed by atoms with E-state index < -0.39 is 0 Å². The maximum absolute atomic E-state index is 14.6. The van der Waals surface area contributed by atoms with Gasteiger partial charge in [-0.2, -0.15) is 0 Å². The molecule has 2 aliphatic carbocycles. The van der Waals surface area contributed by atoms with Gasteiger partial charge in [-0.05, 0) is 103 Å². The second-order valence-electron chi connectivity index (χ2n) is 10.1. The third-order valence-corrected chi connectivity index (χ3v) is 8.06. The van der Waals surface area contributed by atoms with Gasteiger partial charge in [-0.15, -0.1) is 6.58 Å². The van der Waals surface area contributed by atoms with Crippen LogP contribution in [0.3, 0.4) is 0 Å². The summed E-state index contributed by atoms with van der Waals surface area (Å²) in [6.07, 6.45) is 17.5. The Kier molecular flexibility index (Phi) is 7.28. The standard InChI is InChI=1S/C29H39F/c1-3-5-7-8-21-10-11-23-17-24(13-12-22(23)16-21)25-14-15-26-18-27(9-6-4-2)29(30)20-28(26)19-25/h4,14-15,18-24H,2-3,5-13,16-17H2,1H3. The lowest BCUT2D eigenvalue weighted by molar-refractivity contribution is 0.113. The molecule has 0 spiro atoms. The highest BCUT2D eigenvalue weighted by molar-refractivity contribution is 5.84. The predicted molar refractivity (Wildman–Crippen MR) is 127 cm³/mol. The van der Waals surface area contributed by atoms with E-state index in [1.807, 2.05) is 12.1 Å². The number of halogens is 1. The first-order valence-electron chi connectivity index (χ1n) is 12.5. The van der Waals surface area contributed by atoms with E-state index >= 15 is 0 Å². The lowest BCUT2D eigenvalue weighted by Crippen LogP contribution is -2.30. The predicted octanol–water partition coefficient (Wildman–Crippen LogP) is 8.98. The summed E-state index contributed by atoms with van der Waals surface area (Å²) in [5.41, 5.74) is 2.25. The van der Waals surface area contributed by atoms with Crippen LogP contribution in [-0.4, -0.2) is 0 Å². The van der Waals surface area contributed by atoms with E-state index in [4.69, 9.17) is 0 Å². The molecule has 0 N–H and O–H groups in total. The second kappa shape index (κ2) is 10.1. The van der Waals surface area contributed by atoms with Gasteiger partial charge in [0.1, 0.15) is 5.82 Å². The molecule has 0 nitrogen and oxygen atoms in total. The lowest BCUT2D eigenvalue weighted by atomic mass is 9.63. The van der Waals surface area contributed by atoms with Gasteiger partial charge < -0.3 is 0 Å². The Morgan fingerprint density at radius 2 is 1.80 bits per heavy atom. The molecule has 2 aromatic carbocycles. The van der Waals surface area contributed by atoms with E-state index in [0.29, 0.717) is 5.92 Å². The van der Waals surface area contributed by atoms with Crippen molar-refractivity contribution in [2.45, 2.75) is 89.9 Å². The van der Waals surface area contributed by atoms with Gasteiger partial charge in [-0.25, -0.2) is 4.39 Å². The Hall–Kier alpha value is -1.63. The quantitative estimate of drug-likeness (QED) is 0.303. The number of unbranched alkanes of at least 4 members (excludes halogenated alkanes) is 2. The van der Waals surface area contributed by atoms with Crippen LogP contribution in [0, 0.1) is 23.6 Å². The summed E-state index contributed by atoms with van der Waals surface area (Å²) in [6, 6.07) is 10.6. The highest BCUT2D eigenvalue weighted by atomic mass is 19.1. The third kappa shape index (κ3) is 4.98. The topological polar surface area (TPSA) is 0 Å². The second-order valence-corrected chi connectivity index (χ2v) is 10.1. The maximum Gasteiger partial charge on any atom is 0.127 e. The summed E-state index contributed by atoms with van der Waals surface area (Å²) in [7, 11) is 0. The molecular weight excluding hydrogens is 367 g/mol. The van der Waals surface area contributed by atoms with Gasteiger partial charge in [0.2, 0.25) is 0 Å². The Balaban J connectivity index is 1.41. The molecule has 0 heterocycles. The fourth-order valence-corrected chi connectivity index (χ4v) is 6.27. The average Bonchev–Trinajstić information content (AvgIpc) is 2.77. The Morgan fingerprint density at radius 1 is 0.967 bits per heavy atom. The van der Waals surface area contributed by atoms with Crippen molar-refractivity contribution in [3.05, 3.63) is 59.9 Å². The van der Waals surface area contributed by atoms with Crippen molar-refractivity contribution >= 4 is 10.8 Å². The molecule has 2 aliphatic rings. The summed E-state index contributed by atoms with van der Waals surface area (Å²) < 4.78 is 14.6. The zero-order chi connectivity index (χ0) is 20.9. The minimum absolute atomic E-state index is 0.0633. The Bertz CT molecular complexity index is 851. The fraction of sp³-hybridized carbons (Fsp3) is 0.586. The molecule has 1 heteroatoms. The molecular formula is C29H39F. The van der Waals surface area contributed by atoms with Crippen LogP contribution in [0.1, 0.15) is 94.6 Å². The van der Waals surface area contributed by atoms with E-state index in [1.54, 1.807) is 6.07 Å². The van der Waals surface area contributed by atoms with Crippen LogP contribution in [0.2, 0.25) is 0 Å². The fourth-order valence-electron chi connectivity index (χ4n) is 6.27. The van der Waals surface area contributed by atoms with Crippen molar-refractivity contribution in [3.8, 4) is 0 Å². The normalized spacial score (nSPS) is 26.5. The smallest absolute Gasteiger partial charge is 0.127 e. The first kappa shape index (κ1) is 21.6. The third-order valence-electron chi connectivity index (χ3n) is 8.06. The maximum atomic E-state index is 14.6. The van der Waals surface area contributed by atoms with Crippen LogP contribution < -0.4 is 0 Å². The van der Waals surface area contributed by atoms with Gasteiger partial charge in [0.05, 0.1) is 0 Å². The molecule has 0 amide bonds. The molecule has 162 valence electrons. The summed E-state index contributed by atoms with van der Waals surface area (Å²) in [4.78, 5) is 0. The molecule has 0 bridgehead atoms. The molecule has 0 aromatic heterocycles. The van der Waals surface area contributed by atoms with E-state index in [2.05, 4.69) is 31.7 Å². The molecule has 0 aliphatic heterocycles. The molecule has 4 unspecified atom stereocenters. The number of aryl methyl sites for hydroxylation is 1. The van der Waals surface area contributed by atoms with Crippen LogP contribution in [0.5, 0.6) is 0 Å². The van der Waals surface area contributed by atoms with Crippen LogP contribution in [-0.2, 0) is 6.42 Å². The van der Waals surface area contributed by atoms with Crippen molar-refractivity contribution in [1.82, 2.24) is 0 Å². The van der Waals surface area contributed by atoms with E-state index in [1.165, 1.54) is 75.2 Å². The van der Waals surface area contributed by atoms with E-state index in [0.717, 1.165) is 41.5 Å². The lowest BCUT2D eigenvalue weighted by Gasteiger charge is -2.42. The molecule has 0 radical (unpaired) electrons. The van der Waals surface area contributed by atoms with Gasteiger partial charge in [0, 0.05) is 0 Å². The highest BCUT2D eigenvalue weighted by Crippen LogP contribution is 2.48. The van der Waals surface area contributed by atoms with Gasteiger partial charge in [-0.1, -0.05) is 63.3 Å². The zero-order valence-electron chi connectivity index (χ0n) is 18.8. The summed E-state index contributed by atoms with van der Waals surface area (Å²) in [6.45, 7) is 6.06. The van der Waals surface area contributed by atoms with Crippen LogP contribution in [0.15, 0.2) is 43.0 Å². The van der Waals surface area contributed by atoms with E-state index in [-0.39, 0.29) is 5.82 Å². The summed E-state index contributed by atoms with van der Waals surface area (Å²) in [5, 5.41) is 2.23. The van der Waals surface area contributed by atoms with Crippen molar-refractivity contribution in [2.24, 2.45) is 17.8 Å². The Morgan fingerprint density at radius 3 is 2.63 bits per heavy atom. The average molecular weight is 407 g/mol. The van der Waals surface area contributed by atoms with Gasteiger partial charge in [-0.3, -0.25) is 0 Å². The van der Waals surface area contributed by atoms with Crippen LogP contribution in [0.25, 0.3) is 10.8 Å². The largest absolute Gasteiger partial charge is 0.207 e. The van der Waals surface area contributed by atoms with Gasteiger partial charge in [0.25, 0.3) is 0 Å². The minimum atomic E-state index is -0.0633. The van der Waals surface area contributed by atoms with Crippen molar-refractivity contribution in [1.29, 1.82) is 0 Å². The van der Waals surface area contributed by atoms with Crippen LogP contribution in [0.4, 0.5) is 4.39 Å². The minimum Gasteiger partial charge on any atom is -0.207 e. The number of fused-ring (bicyclic) bond motifs is 2. The number of allylic oxidation sites excluding steroid dienone is 1. The first-order chi connectivity index (χ1) is 14.7. The van der Waals surface area contributed by atoms with Crippen molar-refractivity contribution in [3.63, 3.8) is 0 Å². The molecule has 2 aromatic rings. The zero-order valence-corrected chi connectivity index (χ0v) is 18.8. The number of benzene rings is 2. The first-order valence-corrected chi connectivity index (χ1v) is 12.5. The van der Waals surface area contributed by atoms with Crippen molar-refractivity contribution < 1.29 is 4.39 Å². The van der Waals surface area contributed by atoms with Crippen molar-refractivity contribution in [2.75, 3.05) is 0 Å². The molecule has 4 rings (SSSR count). The van der Waals surface area contributed by atoms with Gasteiger partial charge in [0.15, 0.2) is 0 Å². The SMILES string of the molecule is C=CCCc1cc2ccc(C3CCC4CC(CCCCC)CCC4C3)cc2cc1F. The number of hydrogen-bond acceptors (Lipinski definition) is 0. The summed E-state index contributed by atoms with van der Waals surface area (Å²) in [5.74, 6) is 3.47. The molecule has 2 saturated carbocycles. The van der Waals surface area contributed by atoms with E-state index in [9.17, 15) is 4.39 Å². The van der Waals surface area contributed by atoms with Gasteiger partial charge >= 0.3 is 0 Å². The molecule has 4 atom stereocenters. The highest BCUT2D eigenvalue weighted by Gasteiger charge is 2.35. The Labute approximate surface area is 183 Å². The monoisotopic (exact) mass is 406 g/mol. The molecule has 30 heavy (non-hydrogen) atoms. The number of hydrogen-bond donors (Lipinski definition) is 0. The molecule has 0 saturated heterocycles. The molecule has 2 fully saturated rings. The van der Waals surface area contributed by atoms with Crippen LogP contribution >= 0.6 is 0 Å². The summed E-state index contributed by atoms with van der Waals surface area (Å²) >= 11 is 0.